The summed E-state index contributed by atoms with van der Waals surface area (Å²) in [4.78, 5) is 12.6. The molecule has 4 rings (SSSR count). The lowest BCUT2D eigenvalue weighted by Crippen LogP contribution is -2.30. The van der Waals surface area contributed by atoms with E-state index in [4.69, 9.17) is 4.74 Å². The van der Waals surface area contributed by atoms with E-state index in [1.165, 1.54) is 77.0 Å². The fourth-order valence-electron chi connectivity index (χ4n) is 7.14. The summed E-state index contributed by atoms with van der Waals surface area (Å²) < 4.78 is 20.2. The zero-order valence-electron chi connectivity index (χ0n) is 21.8. The average Bonchev–Trinajstić information content (AvgIpc) is 2.86. The Balaban J connectivity index is 1.19. The molecular weight excluding hydrogens is 423 g/mol. The number of carbonyl (C=O) groups excluding carboxylic acids is 1. The molecule has 2 saturated carbocycles. The number of ether oxygens (including phenoxy) is 1. The average molecular weight is 471 g/mol. The standard InChI is InChI=1S/C31H47FO2/c1-3-5-6-8-22-9-14-24(15-10-22)25-16-11-23(12-17-25)13-18-28-21-27-20-19-26(7-4-2)29(32)30(27)34-31(28)33/h19-20,22-25,28H,3-18,21H2,1-2H3. The lowest BCUT2D eigenvalue weighted by atomic mass is 9.68. The van der Waals surface area contributed by atoms with E-state index in [0.29, 0.717) is 18.4 Å². The molecule has 0 amide bonds. The lowest BCUT2D eigenvalue weighted by molar-refractivity contribution is -0.140. The molecule has 0 spiro atoms. The van der Waals surface area contributed by atoms with Crippen LogP contribution >= 0.6 is 0 Å². The van der Waals surface area contributed by atoms with Crippen LogP contribution in [0.2, 0.25) is 0 Å². The van der Waals surface area contributed by atoms with E-state index < -0.39 is 0 Å². The van der Waals surface area contributed by atoms with Gasteiger partial charge in [0.05, 0.1) is 5.92 Å². The van der Waals surface area contributed by atoms with Gasteiger partial charge in [0, 0.05) is 0 Å². The molecular formula is C31H47FO2. The van der Waals surface area contributed by atoms with Crippen molar-refractivity contribution in [2.75, 3.05) is 0 Å². The molecule has 1 atom stereocenters. The first-order valence-electron chi connectivity index (χ1n) is 14.6. The Bertz CT molecular complexity index is 787. The van der Waals surface area contributed by atoms with Gasteiger partial charge in [0.1, 0.15) is 0 Å². The van der Waals surface area contributed by atoms with Crippen LogP contribution in [0.1, 0.15) is 121 Å². The number of unbranched alkanes of at least 4 members (excludes halogenated alkanes) is 2. The molecule has 2 nitrogen and oxygen atoms in total. The van der Waals surface area contributed by atoms with Gasteiger partial charge in [-0.15, -0.1) is 0 Å². The molecule has 1 heterocycles. The molecule has 3 aliphatic rings. The summed E-state index contributed by atoms with van der Waals surface area (Å²) in [5.74, 6) is 3.23. The number of rotatable bonds is 10. The molecule has 0 saturated heterocycles. The van der Waals surface area contributed by atoms with Gasteiger partial charge < -0.3 is 4.74 Å². The smallest absolute Gasteiger partial charge is 0.314 e. The van der Waals surface area contributed by atoms with E-state index in [2.05, 4.69) is 6.92 Å². The predicted octanol–water partition coefficient (Wildman–Crippen LogP) is 8.83. The van der Waals surface area contributed by atoms with Gasteiger partial charge in [0.2, 0.25) is 0 Å². The van der Waals surface area contributed by atoms with Gasteiger partial charge >= 0.3 is 5.97 Å². The molecule has 1 aromatic carbocycles. The third-order valence-electron chi connectivity index (χ3n) is 9.37. The number of esters is 1. The number of carbonyl (C=O) groups is 1. The number of fused-ring (bicyclic) bond motifs is 1. The second kappa shape index (κ2) is 12.5. The Kier molecular flexibility index (Phi) is 9.48. The third kappa shape index (κ3) is 6.43. The van der Waals surface area contributed by atoms with E-state index in [-0.39, 0.29) is 23.5 Å². The minimum Gasteiger partial charge on any atom is -0.423 e. The Hall–Kier alpha value is -1.38. The summed E-state index contributed by atoms with van der Waals surface area (Å²) >= 11 is 0. The zero-order valence-corrected chi connectivity index (χ0v) is 21.8. The molecule has 0 radical (unpaired) electrons. The Morgan fingerprint density at radius 1 is 0.824 bits per heavy atom. The van der Waals surface area contributed by atoms with E-state index in [9.17, 15) is 9.18 Å². The van der Waals surface area contributed by atoms with Crippen molar-refractivity contribution in [1.82, 2.24) is 0 Å². The molecule has 1 aromatic rings. The van der Waals surface area contributed by atoms with Crippen LogP contribution in [0.25, 0.3) is 0 Å². The highest BCUT2D eigenvalue weighted by Crippen LogP contribution is 2.44. The van der Waals surface area contributed by atoms with E-state index in [0.717, 1.165) is 48.5 Å². The Morgan fingerprint density at radius 2 is 1.47 bits per heavy atom. The normalized spacial score (nSPS) is 29.5. The fourth-order valence-corrected chi connectivity index (χ4v) is 7.14. The first kappa shape index (κ1) is 25.7. The molecule has 0 N–H and O–H groups in total. The van der Waals surface area contributed by atoms with Gasteiger partial charge in [-0.05, 0) is 86.2 Å². The summed E-state index contributed by atoms with van der Waals surface area (Å²) in [5, 5.41) is 0. The quantitative estimate of drug-likeness (QED) is 0.194. The maximum atomic E-state index is 14.7. The summed E-state index contributed by atoms with van der Waals surface area (Å²) in [6, 6.07) is 3.86. The van der Waals surface area contributed by atoms with Crippen molar-refractivity contribution in [1.29, 1.82) is 0 Å². The number of halogens is 1. The molecule has 2 aliphatic carbocycles. The second-order valence-corrected chi connectivity index (χ2v) is 11.7. The Labute approximate surface area is 207 Å². The molecule has 2 fully saturated rings. The minimum absolute atomic E-state index is 0.107. The summed E-state index contributed by atoms with van der Waals surface area (Å²) in [6.45, 7) is 4.34. The third-order valence-corrected chi connectivity index (χ3v) is 9.37. The fraction of sp³-hybridized carbons (Fsp3) is 0.774. The van der Waals surface area contributed by atoms with Crippen molar-refractivity contribution in [2.24, 2.45) is 29.6 Å². The molecule has 1 aliphatic heterocycles. The topological polar surface area (TPSA) is 26.3 Å². The minimum atomic E-state index is -0.320. The van der Waals surface area contributed by atoms with E-state index >= 15 is 0 Å². The summed E-state index contributed by atoms with van der Waals surface area (Å²) in [6.07, 6.45) is 21.2. The highest BCUT2D eigenvalue weighted by molar-refractivity contribution is 5.78. The van der Waals surface area contributed by atoms with Gasteiger partial charge in [-0.25, -0.2) is 4.39 Å². The zero-order chi connectivity index (χ0) is 23.9. The van der Waals surface area contributed by atoms with Crippen LogP contribution in [-0.2, 0) is 17.6 Å². The number of benzene rings is 1. The highest BCUT2D eigenvalue weighted by atomic mass is 19.1. The maximum absolute atomic E-state index is 14.7. The largest absolute Gasteiger partial charge is 0.423 e. The van der Waals surface area contributed by atoms with Crippen LogP contribution in [0, 0.1) is 35.4 Å². The van der Waals surface area contributed by atoms with Crippen molar-refractivity contribution in [3.63, 3.8) is 0 Å². The first-order chi connectivity index (χ1) is 16.6. The van der Waals surface area contributed by atoms with Gasteiger partial charge in [-0.3, -0.25) is 4.79 Å². The van der Waals surface area contributed by atoms with E-state index in [1.807, 2.05) is 19.1 Å². The Morgan fingerprint density at radius 3 is 2.09 bits per heavy atom. The first-order valence-corrected chi connectivity index (χ1v) is 14.6. The number of hydrogen-bond donors (Lipinski definition) is 0. The van der Waals surface area contributed by atoms with Crippen molar-refractivity contribution in [2.45, 2.75) is 123 Å². The van der Waals surface area contributed by atoms with Gasteiger partial charge in [0.25, 0.3) is 0 Å². The van der Waals surface area contributed by atoms with Crippen LogP contribution in [0.3, 0.4) is 0 Å². The lowest BCUT2D eigenvalue weighted by Gasteiger charge is -2.38. The van der Waals surface area contributed by atoms with Crippen molar-refractivity contribution in [3.8, 4) is 5.75 Å². The monoisotopic (exact) mass is 470 g/mol. The van der Waals surface area contributed by atoms with Crippen molar-refractivity contribution < 1.29 is 13.9 Å². The van der Waals surface area contributed by atoms with Crippen LogP contribution < -0.4 is 4.74 Å². The molecule has 1 unspecified atom stereocenters. The highest BCUT2D eigenvalue weighted by Gasteiger charge is 2.34. The van der Waals surface area contributed by atoms with Crippen LogP contribution in [0.15, 0.2) is 12.1 Å². The maximum Gasteiger partial charge on any atom is 0.314 e. The molecule has 0 aromatic heterocycles. The predicted molar refractivity (Wildman–Crippen MR) is 137 cm³/mol. The summed E-state index contributed by atoms with van der Waals surface area (Å²) in [7, 11) is 0. The molecule has 190 valence electrons. The van der Waals surface area contributed by atoms with Gasteiger partial charge in [-0.2, -0.15) is 0 Å². The van der Waals surface area contributed by atoms with Gasteiger partial charge in [-0.1, -0.05) is 83.8 Å². The molecule has 3 heteroatoms. The molecule has 34 heavy (non-hydrogen) atoms. The molecule has 0 bridgehead atoms. The number of aryl methyl sites for hydroxylation is 1. The van der Waals surface area contributed by atoms with Crippen LogP contribution in [-0.4, -0.2) is 5.97 Å². The van der Waals surface area contributed by atoms with Gasteiger partial charge in [0.15, 0.2) is 11.6 Å². The van der Waals surface area contributed by atoms with Crippen LogP contribution in [0.5, 0.6) is 5.75 Å². The summed E-state index contributed by atoms with van der Waals surface area (Å²) in [5.41, 5.74) is 1.53. The van der Waals surface area contributed by atoms with Crippen LogP contribution in [0.4, 0.5) is 4.39 Å². The van der Waals surface area contributed by atoms with Crippen molar-refractivity contribution >= 4 is 5.97 Å². The van der Waals surface area contributed by atoms with Crippen molar-refractivity contribution in [3.05, 3.63) is 29.1 Å². The SMILES string of the molecule is CCCCCC1CCC(C2CCC(CCC3Cc4ccc(CCC)c(F)c4OC3=O)CC2)CC1. The second-order valence-electron chi connectivity index (χ2n) is 11.7. The van der Waals surface area contributed by atoms with E-state index in [1.54, 1.807) is 0 Å². The number of hydrogen-bond acceptors (Lipinski definition) is 2.